The molecule has 96 valence electrons. The van der Waals surface area contributed by atoms with Crippen molar-refractivity contribution in [1.29, 1.82) is 0 Å². The van der Waals surface area contributed by atoms with Crippen molar-refractivity contribution in [3.63, 3.8) is 0 Å². The predicted octanol–water partition coefficient (Wildman–Crippen LogP) is 1.41. The van der Waals surface area contributed by atoms with Gasteiger partial charge in [-0.2, -0.15) is 0 Å². The van der Waals surface area contributed by atoms with Crippen LogP contribution in [0.25, 0.3) is 0 Å². The molecular weight excluding hydrogens is 220 g/mol. The number of aliphatic hydroxyl groups excluding tert-OH is 1. The molecule has 0 unspecified atom stereocenters. The van der Waals surface area contributed by atoms with E-state index in [-0.39, 0.29) is 12.6 Å². The van der Waals surface area contributed by atoms with Crippen LogP contribution in [0, 0.1) is 0 Å². The third kappa shape index (κ3) is 4.11. The molecule has 0 fully saturated rings. The van der Waals surface area contributed by atoms with Gasteiger partial charge in [-0.1, -0.05) is 6.92 Å². The maximum Gasteiger partial charge on any atom is 0.355 e. The highest BCUT2D eigenvalue weighted by Crippen LogP contribution is 2.12. The van der Waals surface area contributed by atoms with Crippen molar-refractivity contribution in [2.24, 2.45) is 0 Å². The molecule has 0 aliphatic rings. The molecule has 0 saturated heterocycles. The summed E-state index contributed by atoms with van der Waals surface area (Å²) in [5, 5.41) is 8.60. The first-order valence-electron chi connectivity index (χ1n) is 5.92. The minimum absolute atomic E-state index is 0.122. The van der Waals surface area contributed by atoms with Crippen LogP contribution in [-0.2, 0) is 11.3 Å². The fraction of sp³-hybridized carbons (Fsp3) is 0.583. The number of nitrogens with zero attached hydrogens (tertiary/aromatic N) is 1. The van der Waals surface area contributed by atoms with Gasteiger partial charge >= 0.3 is 5.97 Å². The first-order valence-corrected chi connectivity index (χ1v) is 5.92. The quantitative estimate of drug-likeness (QED) is 0.558. The SMILES string of the molecule is CCCn1cc(N)cc1C(=O)OCCCCO. The number of nitrogens with two attached hydrogens (primary N) is 1. The van der Waals surface area contributed by atoms with E-state index < -0.39 is 0 Å². The van der Waals surface area contributed by atoms with Gasteiger partial charge in [0.15, 0.2) is 0 Å². The van der Waals surface area contributed by atoms with Crippen LogP contribution in [0.1, 0.15) is 36.7 Å². The van der Waals surface area contributed by atoms with E-state index in [1.807, 2.05) is 11.5 Å². The van der Waals surface area contributed by atoms with E-state index in [4.69, 9.17) is 15.6 Å². The number of rotatable bonds is 7. The van der Waals surface area contributed by atoms with Crippen molar-refractivity contribution in [1.82, 2.24) is 4.57 Å². The van der Waals surface area contributed by atoms with E-state index in [1.165, 1.54) is 0 Å². The molecule has 0 aromatic carbocycles. The average Bonchev–Trinajstić information content (AvgIpc) is 2.66. The average molecular weight is 240 g/mol. The molecule has 0 atom stereocenters. The van der Waals surface area contributed by atoms with E-state index in [2.05, 4.69) is 0 Å². The number of carbonyl (C=O) groups is 1. The Hall–Kier alpha value is -1.49. The van der Waals surface area contributed by atoms with Crippen molar-refractivity contribution in [3.05, 3.63) is 18.0 Å². The Morgan fingerprint density at radius 3 is 2.94 bits per heavy atom. The Bertz CT molecular complexity index is 361. The van der Waals surface area contributed by atoms with Gasteiger partial charge in [0, 0.05) is 19.3 Å². The second-order valence-electron chi connectivity index (χ2n) is 3.92. The van der Waals surface area contributed by atoms with Gasteiger partial charge in [-0.3, -0.25) is 0 Å². The Morgan fingerprint density at radius 1 is 1.53 bits per heavy atom. The van der Waals surface area contributed by atoms with Crippen LogP contribution in [0.2, 0.25) is 0 Å². The van der Waals surface area contributed by atoms with Gasteiger partial charge in [-0.25, -0.2) is 4.79 Å². The molecule has 5 nitrogen and oxygen atoms in total. The molecule has 5 heteroatoms. The monoisotopic (exact) mass is 240 g/mol. The number of aromatic nitrogens is 1. The minimum Gasteiger partial charge on any atom is -0.461 e. The van der Waals surface area contributed by atoms with Crippen molar-refractivity contribution in [2.45, 2.75) is 32.7 Å². The zero-order chi connectivity index (χ0) is 12.7. The Labute approximate surface area is 101 Å². The van der Waals surface area contributed by atoms with E-state index in [0.717, 1.165) is 13.0 Å². The fourth-order valence-electron chi connectivity index (χ4n) is 1.58. The van der Waals surface area contributed by atoms with Crippen LogP contribution in [-0.4, -0.2) is 28.9 Å². The molecule has 1 aromatic heterocycles. The number of aliphatic hydroxyl groups is 1. The molecule has 0 aliphatic carbocycles. The highest BCUT2D eigenvalue weighted by Gasteiger charge is 2.13. The van der Waals surface area contributed by atoms with E-state index in [9.17, 15) is 4.79 Å². The molecule has 3 N–H and O–H groups in total. The summed E-state index contributed by atoms with van der Waals surface area (Å²) in [5.74, 6) is -0.354. The van der Waals surface area contributed by atoms with Crippen LogP contribution in [0.3, 0.4) is 0 Å². The van der Waals surface area contributed by atoms with Gasteiger partial charge in [-0.15, -0.1) is 0 Å². The summed E-state index contributed by atoms with van der Waals surface area (Å²) >= 11 is 0. The third-order valence-electron chi connectivity index (χ3n) is 2.38. The Balaban J connectivity index is 2.55. The molecule has 0 bridgehead atoms. The minimum atomic E-state index is -0.354. The zero-order valence-corrected chi connectivity index (χ0v) is 10.2. The normalized spacial score (nSPS) is 10.5. The number of carbonyl (C=O) groups excluding carboxylic acids is 1. The topological polar surface area (TPSA) is 77.5 Å². The van der Waals surface area contributed by atoms with Gasteiger partial charge in [-0.05, 0) is 25.3 Å². The number of esters is 1. The van der Waals surface area contributed by atoms with Crippen LogP contribution < -0.4 is 5.73 Å². The maximum absolute atomic E-state index is 11.8. The molecule has 0 amide bonds. The van der Waals surface area contributed by atoms with Crippen molar-refractivity contribution in [2.75, 3.05) is 18.9 Å². The van der Waals surface area contributed by atoms with E-state index >= 15 is 0 Å². The van der Waals surface area contributed by atoms with Crippen molar-refractivity contribution >= 4 is 11.7 Å². The van der Waals surface area contributed by atoms with Gasteiger partial charge < -0.3 is 20.1 Å². The molecule has 17 heavy (non-hydrogen) atoms. The molecule has 0 radical (unpaired) electrons. The van der Waals surface area contributed by atoms with Crippen LogP contribution in [0.15, 0.2) is 12.3 Å². The summed E-state index contributed by atoms with van der Waals surface area (Å²) in [4.78, 5) is 11.8. The number of hydrogen-bond donors (Lipinski definition) is 2. The van der Waals surface area contributed by atoms with Crippen LogP contribution >= 0.6 is 0 Å². The first-order chi connectivity index (χ1) is 8.19. The summed E-state index contributed by atoms with van der Waals surface area (Å²) in [5.41, 5.74) is 6.73. The van der Waals surface area contributed by atoms with E-state index in [1.54, 1.807) is 12.3 Å². The summed E-state index contributed by atoms with van der Waals surface area (Å²) < 4.78 is 6.91. The molecule has 1 aromatic rings. The summed E-state index contributed by atoms with van der Waals surface area (Å²) in [6.07, 6.45) is 3.99. The number of aryl methyl sites for hydroxylation is 1. The van der Waals surface area contributed by atoms with Crippen molar-refractivity contribution < 1.29 is 14.6 Å². The Morgan fingerprint density at radius 2 is 2.29 bits per heavy atom. The fourth-order valence-corrected chi connectivity index (χ4v) is 1.58. The standard InChI is InChI=1S/C12H20N2O3/c1-2-5-14-9-10(13)8-11(14)12(16)17-7-4-3-6-15/h8-9,15H,2-7,13H2,1H3. The summed E-state index contributed by atoms with van der Waals surface area (Å²) in [7, 11) is 0. The zero-order valence-electron chi connectivity index (χ0n) is 10.2. The second-order valence-corrected chi connectivity index (χ2v) is 3.92. The largest absolute Gasteiger partial charge is 0.461 e. The molecular formula is C12H20N2O3. The number of anilines is 1. The smallest absolute Gasteiger partial charge is 0.355 e. The van der Waals surface area contributed by atoms with Crippen LogP contribution in [0.4, 0.5) is 5.69 Å². The van der Waals surface area contributed by atoms with Crippen LogP contribution in [0.5, 0.6) is 0 Å². The molecule has 1 rings (SSSR count). The summed E-state index contributed by atoms with van der Waals surface area (Å²) in [6, 6.07) is 1.63. The number of ether oxygens (including phenoxy) is 1. The number of hydrogen-bond acceptors (Lipinski definition) is 4. The lowest BCUT2D eigenvalue weighted by atomic mass is 10.3. The van der Waals surface area contributed by atoms with Gasteiger partial charge in [0.2, 0.25) is 0 Å². The molecule has 1 heterocycles. The van der Waals surface area contributed by atoms with Crippen molar-refractivity contribution in [3.8, 4) is 0 Å². The third-order valence-corrected chi connectivity index (χ3v) is 2.38. The number of unbranched alkanes of at least 4 members (excludes halogenated alkanes) is 1. The van der Waals surface area contributed by atoms with Gasteiger partial charge in [0.25, 0.3) is 0 Å². The van der Waals surface area contributed by atoms with Gasteiger partial charge in [0.1, 0.15) is 5.69 Å². The highest BCUT2D eigenvalue weighted by atomic mass is 16.5. The molecule has 0 aliphatic heterocycles. The lowest BCUT2D eigenvalue weighted by Crippen LogP contribution is -2.12. The maximum atomic E-state index is 11.8. The summed E-state index contributed by atoms with van der Waals surface area (Å²) in [6.45, 7) is 3.23. The second kappa shape index (κ2) is 6.96. The first kappa shape index (κ1) is 13.6. The van der Waals surface area contributed by atoms with E-state index in [0.29, 0.717) is 30.8 Å². The number of nitrogen functional groups attached to an aromatic ring is 1. The highest BCUT2D eigenvalue weighted by molar-refractivity contribution is 5.89. The lowest BCUT2D eigenvalue weighted by Gasteiger charge is -2.07. The molecule has 0 spiro atoms. The van der Waals surface area contributed by atoms with Gasteiger partial charge in [0.05, 0.1) is 12.3 Å². The lowest BCUT2D eigenvalue weighted by molar-refractivity contribution is 0.0480. The Kier molecular flexibility index (Phi) is 5.56. The predicted molar refractivity (Wildman–Crippen MR) is 65.7 cm³/mol. The molecule has 0 saturated carbocycles.